The minimum Gasteiger partial charge on any atom is -0.475 e. The lowest BCUT2D eigenvalue weighted by molar-refractivity contribution is -0.193. The van der Waals surface area contributed by atoms with Gasteiger partial charge in [0.25, 0.3) is 0 Å². The predicted octanol–water partition coefficient (Wildman–Crippen LogP) is 1.25. The summed E-state index contributed by atoms with van der Waals surface area (Å²) in [5.74, 6) is -6.21. The molecule has 0 aromatic carbocycles. The van der Waals surface area contributed by atoms with Crippen LogP contribution in [0.15, 0.2) is 36.8 Å². The van der Waals surface area contributed by atoms with Gasteiger partial charge in [-0.1, -0.05) is 6.07 Å². The zero-order valence-corrected chi connectivity index (χ0v) is 20.1. The van der Waals surface area contributed by atoms with E-state index in [0.717, 1.165) is 17.5 Å². The topological polar surface area (TPSA) is 172 Å². The molecule has 12 nitrogen and oxygen atoms in total. The maximum absolute atomic E-state index is 12.5. The summed E-state index contributed by atoms with van der Waals surface area (Å²) >= 11 is 0. The molecule has 0 bridgehead atoms. The van der Waals surface area contributed by atoms with E-state index in [-0.39, 0.29) is 19.0 Å². The molecule has 0 saturated carbocycles. The van der Waals surface area contributed by atoms with Crippen LogP contribution in [-0.2, 0) is 44.0 Å². The number of hydrogen-bond donors (Lipinski definition) is 3. The molecule has 1 unspecified atom stereocenters. The minimum atomic E-state index is -5.08. The Morgan fingerprint density at radius 1 is 1.03 bits per heavy atom. The summed E-state index contributed by atoms with van der Waals surface area (Å²) in [7, 11) is -3.40. The highest BCUT2D eigenvalue weighted by molar-refractivity contribution is 7.88. The molecule has 0 spiro atoms. The molecule has 0 fully saturated rings. The second-order valence-corrected chi connectivity index (χ2v) is 9.42. The molecule has 0 radical (unpaired) electrons. The van der Waals surface area contributed by atoms with Gasteiger partial charge < -0.3 is 15.5 Å². The van der Waals surface area contributed by atoms with E-state index in [9.17, 15) is 39.6 Å². The Bertz CT molecular complexity index is 1180. The molecular weight excluding hydrogens is 556 g/mol. The summed E-state index contributed by atoms with van der Waals surface area (Å²) < 4.78 is 90.4. The van der Waals surface area contributed by atoms with Crippen LogP contribution in [0.5, 0.6) is 0 Å². The van der Waals surface area contributed by atoms with E-state index in [1.54, 1.807) is 35.4 Å². The van der Waals surface area contributed by atoms with Crippen molar-refractivity contribution in [1.82, 2.24) is 24.4 Å². The molecule has 0 aliphatic carbocycles. The van der Waals surface area contributed by atoms with E-state index < -0.39 is 40.2 Å². The summed E-state index contributed by atoms with van der Waals surface area (Å²) in [6, 6.07) is 5.44. The number of pyridine rings is 1. The monoisotopic (exact) mass is 577 g/mol. The number of amides is 1. The van der Waals surface area contributed by atoms with Gasteiger partial charge >= 0.3 is 24.3 Å². The summed E-state index contributed by atoms with van der Waals surface area (Å²) in [5, 5.41) is 21.3. The molecule has 2 aromatic rings. The molecule has 38 heavy (non-hydrogen) atoms. The SMILES string of the molecule is CS(=O)(=O)N1Cc2ccnn2CC(C(=O)NCc2cccnc2)C1.O=C(O)C(F)(F)F.O=C(O)C(F)(F)F. The Balaban J connectivity index is 0.000000426. The number of carbonyl (C=O) groups is 3. The van der Waals surface area contributed by atoms with E-state index in [1.807, 2.05) is 6.07 Å². The molecule has 3 rings (SSSR count). The van der Waals surface area contributed by atoms with Gasteiger partial charge in [0.1, 0.15) is 0 Å². The Labute approximate surface area is 210 Å². The predicted molar refractivity (Wildman–Crippen MR) is 114 cm³/mol. The first-order valence-electron chi connectivity index (χ1n) is 10.0. The first kappa shape index (κ1) is 32.3. The second kappa shape index (κ2) is 13.2. The van der Waals surface area contributed by atoms with Crippen molar-refractivity contribution in [3.05, 3.63) is 48.0 Å². The summed E-state index contributed by atoms with van der Waals surface area (Å²) in [6.45, 7) is 1.08. The molecule has 1 amide bonds. The van der Waals surface area contributed by atoms with E-state index in [2.05, 4.69) is 15.4 Å². The number of fused-ring (bicyclic) bond motifs is 1. The van der Waals surface area contributed by atoms with Crippen molar-refractivity contribution in [2.45, 2.75) is 32.0 Å². The van der Waals surface area contributed by atoms with Gasteiger partial charge in [-0.25, -0.2) is 18.0 Å². The number of nitrogens with one attached hydrogen (secondary N) is 1. The number of aliphatic carboxylic acids is 2. The third-order valence-electron chi connectivity index (χ3n) is 4.47. The molecular formula is C19H21F6N5O7S. The molecule has 3 N–H and O–H groups in total. The van der Waals surface area contributed by atoms with Gasteiger partial charge in [0.15, 0.2) is 0 Å². The van der Waals surface area contributed by atoms with Crippen LogP contribution in [0.1, 0.15) is 11.3 Å². The number of carboxylic acid groups (broad SMARTS) is 2. The lowest BCUT2D eigenvalue weighted by Crippen LogP contribution is -2.40. The Morgan fingerprint density at radius 2 is 1.58 bits per heavy atom. The quantitative estimate of drug-likeness (QED) is 0.453. The van der Waals surface area contributed by atoms with Crippen LogP contribution in [0.3, 0.4) is 0 Å². The Hall–Kier alpha value is -3.74. The number of carbonyl (C=O) groups excluding carboxylic acids is 1. The number of halogens is 6. The Kier molecular flexibility index (Phi) is 11.2. The number of sulfonamides is 1. The van der Waals surface area contributed by atoms with Crippen molar-refractivity contribution >= 4 is 27.9 Å². The summed E-state index contributed by atoms with van der Waals surface area (Å²) in [6.07, 6.45) is -4.04. The van der Waals surface area contributed by atoms with Crippen LogP contribution in [0, 0.1) is 5.92 Å². The van der Waals surface area contributed by atoms with Crippen molar-refractivity contribution in [3.63, 3.8) is 0 Å². The standard InChI is InChI=1S/C15H19N5O3S.2C2HF3O2/c1-24(22,23)19-9-13(10-20-14(11-19)4-6-18-20)15(21)17-8-12-3-2-5-16-7-12;2*3-2(4,5)1(6)7/h2-7,13H,8-11H2,1H3,(H,17,21);2*(H,6,7). The molecule has 2 aromatic heterocycles. The molecule has 0 saturated heterocycles. The molecule has 1 atom stereocenters. The third kappa shape index (κ3) is 11.1. The van der Waals surface area contributed by atoms with Crippen molar-refractivity contribution in [2.24, 2.45) is 5.92 Å². The maximum Gasteiger partial charge on any atom is 0.490 e. The fourth-order valence-corrected chi connectivity index (χ4v) is 3.49. The third-order valence-corrected chi connectivity index (χ3v) is 5.69. The average molecular weight is 577 g/mol. The first-order valence-corrected chi connectivity index (χ1v) is 11.9. The normalized spacial score (nSPS) is 15.9. The number of carboxylic acids is 2. The van der Waals surface area contributed by atoms with Gasteiger partial charge in [0.05, 0.1) is 31.0 Å². The summed E-state index contributed by atoms with van der Waals surface area (Å²) in [5.41, 5.74) is 1.67. The van der Waals surface area contributed by atoms with Crippen molar-refractivity contribution in [3.8, 4) is 0 Å². The lowest BCUT2D eigenvalue weighted by Gasteiger charge is -2.21. The number of aromatic nitrogens is 3. The highest BCUT2D eigenvalue weighted by Crippen LogP contribution is 2.18. The van der Waals surface area contributed by atoms with Gasteiger partial charge in [0, 0.05) is 31.7 Å². The number of alkyl halides is 6. The zero-order valence-electron chi connectivity index (χ0n) is 19.3. The fraction of sp³-hybridized carbons (Fsp3) is 0.421. The second-order valence-electron chi connectivity index (χ2n) is 7.44. The number of nitrogens with zero attached hydrogens (tertiary/aromatic N) is 4. The van der Waals surface area contributed by atoms with Crippen molar-refractivity contribution in [1.29, 1.82) is 0 Å². The van der Waals surface area contributed by atoms with Gasteiger partial charge in [-0.3, -0.25) is 14.5 Å². The molecule has 212 valence electrons. The largest absolute Gasteiger partial charge is 0.490 e. The Morgan fingerprint density at radius 3 is 2.03 bits per heavy atom. The number of hydrogen-bond acceptors (Lipinski definition) is 7. The molecule has 1 aliphatic heterocycles. The van der Waals surface area contributed by atoms with E-state index >= 15 is 0 Å². The number of rotatable bonds is 4. The van der Waals surface area contributed by atoms with Crippen LogP contribution >= 0.6 is 0 Å². The van der Waals surface area contributed by atoms with Crippen LogP contribution in [0.2, 0.25) is 0 Å². The molecule has 1 aliphatic rings. The van der Waals surface area contributed by atoms with Crippen LogP contribution in [-0.4, -0.2) is 80.7 Å². The van der Waals surface area contributed by atoms with Gasteiger partial charge in [-0.15, -0.1) is 0 Å². The van der Waals surface area contributed by atoms with Gasteiger partial charge in [0.2, 0.25) is 15.9 Å². The van der Waals surface area contributed by atoms with Crippen LogP contribution in [0.25, 0.3) is 0 Å². The van der Waals surface area contributed by atoms with Gasteiger partial charge in [-0.2, -0.15) is 35.7 Å². The van der Waals surface area contributed by atoms with E-state index in [0.29, 0.717) is 13.1 Å². The molecule has 3 heterocycles. The highest BCUT2D eigenvalue weighted by Gasteiger charge is 2.39. The minimum absolute atomic E-state index is 0.140. The summed E-state index contributed by atoms with van der Waals surface area (Å²) in [4.78, 5) is 34.3. The van der Waals surface area contributed by atoms with Crippen molar-refractivity contribution < 1.29 is 59.4 Å². The fourth-order valence-electron chi connectivity index (χ4n) is 2.67. The van der Waals surface area contributed by atoms with Crippen LogP contribution in [0.4, 0.5) is 26.3 Å². The highest BCUT2D eigenvalue weighted by atomic mass is 32.2. The van der Waals surface area contributed by atoms with Crippen molar-refractivity contribution in [2.75, 3.05) is 12.8 Å². The maximum atomic E-state index is 12.5. The first-order chi connectivity index (χ1) is 17.3. The molecule has 19 heteroatoms. The van der Waals surface area contributed by atoms with E-state index in [1.165, 1.54) is 4.31 Å². The lowest BCUT2D eigenvalue weighted by atomic mass is 10.1. The zero-order chi connectivity index (χ0) is 29.3. The van der Waals surface area contributed by atoms with E-state index in [4.69, 9.17) is 19.8 Å². The van der Waals surface area contributed by atoms with Crippen LogP contribution < -0.4 is 5.32 Å². The smallest absolute Gasteiger partial charge is 0.475 e. The van der Waals surface area contributed by atoms with Gasteiger partial charge in [-0.05, 0) is 17.7 Å². The average Bonchev–Trinajstić information content (AvgIpc) is 3.13.